The zero-order valence-corrected chi connectivity index (χ0v) is 18.3. The molecule has 0 N–H and O–H groups in total. The van der Waals surface area contributed by atoms with E-state index >= 15 is 0 Å². The highest BCUT2D eigenvalue weighted by molar-refractivity contribution is 5.83. The van der Waals surface area contributed by atoms with Crippen molar-refractivity contribution < 1.29 is 53.8 Å². The average molecular weight is 534 g/mol. The smallest absolute Gasteiger partial charge is 0.426 e. The van der Waals surface area contributed by atoms with E-state index in [0.717, 1.165) is 11.1 Å². The molecule has 200 valence electrons. The van der Waals surface area contributed by atoms with Gasteiger partial charge in [-0.05, 0) is 36.7 Å². The first kappa shape index (κ1) is 26.3. The van der Waals surface area contributed by atoms with Crippen molar-refractivity contribution in [2.45, 2.75) is 56.9 Å². The summed E-state index contributed by atoms with van der Waals surface area (Å²) in [5.74, 6) is -2.15. The molecule has 1 aromatic heterocycles. The van der Waals surface area contributed by atoms with Gasteiger partial charge in [0.25, 0.3) is 6.10 Å². The summed E-state index contributed by atoms with van der Waals surface area (Å²) in [6.07, 6.45) is -20.3. The second-order valence-electron chi connectivity index (χ2n) is 9.13. The monoisotopic (exact) mass is 534 g/mol. The Morgan fingerprint density at radius 2 is 1.58 bits per heavy atom. The Morgan fingerprint density at radius 3 is 2.14 bits per heavy atom. The molecule has 0 bridgehead atoms. The van der Waals surface area contributed by atoms with Gasteiger partial charge in [0.15, 0.2) is 0 Å². The quantitative estimate of drug-likeness (QED) is 0.534. The lowest BCUT2D eigenvalue weighted by Crippen LogP contribution is -2.49. The van der Waals surface area contributed by atoms with E-state index in [4.69, 9.17) is 0 Å². The standard InChI is InChI=1S/C20H19F9N4O3/c21-18(22,23)14(19(24,25)26)36-16(35)32-5-2-17(3-6-32)7-11(17)13(34)33-4-1-10-8-30-15(20(27,28)29)31-12(10)9-33/h8,11,14H,1-7,9H2. The zero-order chi connectivity index (χ0) is 26.7. The lowest BCUT2D eigenvalue weighted by atomic mass is 9.90. The summed E-state index contributed by atoms with van der Waals surface area (Å²) in [5.41, 5.74) is 0.0122. The van der Waals surface area contributed by atoms with Crippen molar-refractivity contribution in [2.75, 3.05) is 19.6 Å². The number of rotatable bonds is 2. The first-order valence-corrected chi connectivity index (χ1v) is 10.8. The molecular formula is C20H19F9N4O3. The van der Waals surface area contributed by atoms with Crippen LogP contribution in [-0.4, -0.2) is 69.9 Å². The highest BCUT2D eigenvalue weighted by Crippen LogP contribution is 2.60. The van der Waals surface area contributed by atoms with E-state index in [-0.39, 0.29) is 57.0 Å². The number of halogens is 9. The van der Waals surface area contributed by atoms with Gasteiger partial charge in [0.2, 0.25) is 11.7 Å². The van der Waals surface area contributed by atoms with Gasteiger partial charge >= 0.3 is 24.6 Å². The van der Waals surface area contributed by atoms with Crippen LogP contribution < -0.4 is 0 Å². The van der Waals surface area contributed by atoms with Crippen LogP contribution in [0.5, 0.6) is 0 Å². The topological polar surface area (TPSA) is 75.6 Å². The number of carbonyl (C=O) groups excluding carboxylic acids is 2. The highest BCUT2D eigenvalue weighted by Gasteiger charge is 2.62. The van der Waals surface area contributed by atoms with E-state index in [9.17, 15) is 49.1 Å². The molecule has 1 aromatic rings. The van der Waals surface area contributed by atoms with Crippen LogP contribution in [-0.2, 0) is 28.7 Å². The van der Waals surface area contributed by atoms with Crippen LogP contribution >= 0.6 is 0 Å². The Morgan fingerprint density at radius 1 is 0.972 bits per heavy atom. The molecule has 3 aliphatic rings. The highest BCUT2D eigenvalue weighted by atomic mass is 19.4. The third-order valence-corrected chi connectivity index (χ3v) is 6.83. The van der Waals surface area contributed by atoms with Crippen LogP contribution in [0.1, 0.15) is 36.3 Å². The molecule has 4 rings (SSSR count). The molecule has 1 unspecified atom stereocenters. The van der Waals surface area contributed by atoms with E-state index in [2.05, 4.69) is 14.7 Å². The molecule has 1 saturated carbocycles. The Hall–Kier alpha value is -2.81. The molecule has 16 heteroatoms. The number of carbonyl (C=O) groups is 2. The third-order valence-electron chi connectivity index (χ3n) is 6.83. The van der Waals surface area contributed by atoms with Gasteiger partial charge in [-0.2, -0.15) is 39.5 Å². The number of hydrogen-bond donors (Lipinski definition) is 0. The van der Waals surface area contributed by atoms with E-state index in [1.807, 2.05) is 0 Å². The van der Waals surface area contributed by atoms with Crippen molar-refractivity contribution >= 4 is 12.0 Å². The number of alkyl halides is 9. The normalized spacial score (nSPS) is 22.0. The number of fused-ring (bicyclic) bond motifs is 1. The van der Waals surface area contributed by atoms with Crippen LogP contribution in [0.15, 0.2) is 6.20 Å². The maximum atomic E-state index is 13.0. The minimum atomic E-state index is -5.82. The minimum Gasteiger partial charge on any atom is -0.426 e. The zero-order valence-electron chi connectivity index (χ0n) is 18.3. The van der Waals surface area contributed by atoms with Gasteiger partial charge in [0, 0.05) is 31.7 Å². The van der Waals surface area contributed by atoms with Crippen LogP contribution in [0.4, 0.5) is 44.3 Å². The van der Waals surface area contributed by atoms with Crippen molar-refractivity contribution in [1.29, 1.82) is 0 Å². The lowest BCUT2D eigenvalue weighted by molar-refractivity contribution is -0.308. The fourth-order valence-electron chi connectivity index (χ4n) is 4.73. The lowest BCUT2D eigenvalue weighted by Gasteiger charge is -2.34. The Bertz CT molecular complexity index is 1020. The first-order valence-electron chi connectivity index (χ1n) is 10.8. The predicted molar refractivity (Wildman–Crippen MR) is 99.9 cm³/mol. The van der Waals surface area contributed by atoms with Gasteiger partial charge in [-0.25, -0.2) is 14.8 Å². The molecule has 2 fully saturated rings. The summed E-state index contributed by atoms with van der Waals surface area (Å²) in [6, 6.07) is 0. The fraction of sp³-hybridized carbons (Fsp3) is 0.700. The number of hydrogen-bond acceptors (Lipinski definition) is 5. The summed E-state index contributed by atoms with van der Waals surface area (Å²) in [6.45, 7) is -0.297. The first-order chi connectivity index (χ1) is 16.5. The maximum Gasteiger partial charge on any atom is 0.451 e. The molecule has 1 saturated heterocycles. The summed E-state index contributed by atoms with van der Waals surface area (Å²) in [7, 11) is 0. The number of aromatic nitrogens is 2. The average Bonchev–Trinajstić information content (AvgIpc) is 3.47. The number of nitrogens with zero attached hydrogens (tertiary/aromatic N) is 4. The van der Waals surface area contributed by atoms with Gasteiger partial charge in [0.1, 0.15) is 0 Å². The predicted octanol–water partition coefficient (Wildman–Crippen LogP) is 4.11. The molecule has 36 heavy (non-hydrogen) atoms. The van der Waals surface area contributed by atoms with Gasteiger partial charge in [0.05, 0.1) is 12.2 Å². The van der Waals surface area contributed by atoms with Gasteiger partial charge in [-0.15, -0.1) is 0 Å². The van der Waals surface area contributed by atoms with E-state index in [1.165, 1.54) is 4.90 Å². The fourth-order valence-corrected chi connectivity index (χ4v) is 4.73. The number of piperidine rings is 1. The largest absolute Gasteiger partial charge is 0.451 e. The second kappa shape index (κ2) is 8.64. The Balaban J connectivity index is 1.34. The van der Waals surface area contributed by atoms with Crippen molar-refractivity contribution in [1.82, 2.24) is 19.8 Å². The summed E-state index contributed by atoms with van der Waals surface area (Å²) in [5, 5.41) is 0. The van der Waals surface area contributed by atoms with Crippen LogP contribution in [0.25, 0.3) is 0 Å². The molecule has 3 heterocycles. The van der Waals surface area contributed by atoms with Crippen molar-refractivity contribution in [2.24, 2.45) is 11.3 Å². The van der Waals surface area contributed by atoms with Crippen molar-refractivity contribution in [3.05, 3.63) is 23.3 Å². The molecule has 0 aromatic carbocycles. The number of ether oxygens (including phenoxy) is 1. The van der Waals surface area contributed by atoms with E-state index in [0.29, 0.717) is 12.0 Å². The molecule has 1 atom stereocenters. The summed E-state index contributed by atoms with van der Waals surface area (Å²) < 4.78 is 118. The molecular weight excluding hydrogens is 515 g/mol. The molecule has 1 aliphatic carbocycles. The maximum absolute atomic E-state index is 13.0. The Labute approximate surface area is 197 Å². The molecule has 2 aliphatic heterocycles. The number of likely N-dealkylation sites (tertiary alicyclic amines) is 1. The SMILES string of the molecule is O=C(OC(C(F)(F)F)C(F)(F)F)N1CCC2(CC1)CC2C(=O)N1CCc2cnc(C(F)(F)F)nc2C1. The van der Waals surface area contributed by atoms with Crippen LogP contribution in [0, 0.1) is 11.3 Å². The second-order valence-corrected chi connectivity index (χ2v) is 9.13. The van der Waals surface area contributed by atoms with Gasteiger partial charge in [-0.3, -0.25) is 4.79 Å². The summed E-state index contributed by atoms with van der Waals surface area (Å²) >= 11 is 0. The van der Waals surface area contributed by atoms with Crippen LogP contribution in [0.3, 0.4) is 0 Å². The molecule has 7 nitrogen and oxygen atoms in total. The molecule has 1 spiro atoms. The van der Waals surface area contributed by atoms with Crippen molar-refractivity contribution in [3.63, 3.8) is 0 Å². The van der Waals surface area contributed by atoms with Crippen LogP contribution in [0.2, 0.25) is 0 Å². The van der Waals surface area contributed by atoms with E-state index in [1.54, 1.807) is 0 Å². The van der Waals surface area contributed by atoms with E-state index < -0.39 is 47.9 Å². The minimum absolute atomic E-state index is 0.0908. The number of amides is 2. The van der Waals surface area contributed by atoms with Gasteiger partial charge < -0.3 is 14.5 Å². The molecule has 2 amide bonds. The third kappa shape index (κ3) is 5.16. The Kier molecular flexibility index (Phi) is 6.30. The molecule has 0 radical (unpaired) electrons. The summed E-state index contributed by atoms with van der Waals surface area (Å²) in [4.78, 5) is 33.9. The van der Waals surface area contributed by atoms with Gasteiger partial charge in [-0.1, -0.05) is 0 Å². The van der Waals surface area contributed by atoms with Crippen molar-refractivity contribution in [3.8, 4) is 0 Å².